The van der Waals surface area contributed by atoms with Crippen molar-refractivity contribution in [3.63, 3.8) is 0 Å². The number of rotatable bonds is 2. The lowest BCUT2D eigenvalue weighted by Gasteiger charge is -2.16. The van der Waals surface area contributed by atoms with Gasteiger partial charge in [-0.25, -0.2) is 0 Å². The van der Waals surface area contributed by atoms with Crippen molar-refractivity contribution in [2.75, 3.05) is 0 Å². The van der Waals surface area contributed by atoms with Crippen LogP contribution < -0.4 is 0 Å². The van der Waals surface area contributed by atoms with E-state index in [4.69, 9.17) is 0 Å². The van der Waals surface area contributed by atoms with Gasteiger partial charge in [0, 0.05) is 5.57 Å². The van der Waals surface area contributed by atoms with Crippen molar-refractivity contribution >= 4 is 5.57 Å². The Labute approximate surface area is 140 Å². The van der Waals surface area contributed by atoms with Crippen LogP contribution in [-0.2, 0) is 0 Å². The lowest BCUT2D eigenvalue weighted by Crippen LogP contribution is -2.04. The van der Waals surface area contributed by atoms with Crippen molar-refractivity contribution in [3.8, 4) is 0 Å². The molecule has 0 saturated carbocycles. The number of hydrogen-bond acceptors (Lipinski definition) is 0. The van der Waals surface area contributed by atoms with Crippen molar-refractivity contribution in [1.82, 2.24) is 0 Å². The monoisotopic (exact) mass is 302 g/mol. The Morgan fingerprint density at radius 1 is 0.696 bits per heavy atom. The molecule has 0 amide bonds. The fraction of sp³-hybridized carbons (Fsp3) is 0.304. The van der Waals surface area contributed by atoms with E-state index in [9.17, 15) is 0 Å². The number of benzene rings is 2. The fourth-order valence-corrected chi connectivity index (χ4v) is 2.10. The fourth-order valence-electron chi connectivity index (χ4n) is 2.10. The molecule has 0 radical (unpaired) electrons. The molecule has 0 heterocycles. The van der Waals surface area contributed by atoms with Crippen molar-refractivity contribution in [1.29, 1.82) is 0 Å². The second-order valence-electron chi connectivity index (χ2n) is 7.23. The molecule has 2 rings (SSSR count). The lowest BCUT2D eigenvalue weighted by molar-refractivity contribution is 0.505. The summed E-state index contributed by atoms with van der Waals surface area (Å²) in [5.41, 5.74) is 14.1. The summed E-state index contributed by atoms with van der Waals surface area (Å²) >= 11 is 0. The average molecular weight is 302 g/mol. The normalized spacial score (nSPS) is 10.7. The first-order chi connectivity index (χ1) is 10.8. The largest absolute Gasteiger partial charge is 0.0702 e. The quantitative estimate of drug-likeness (QED) is 0.557. The molecule has 118 valence electrons. The van der Waals surface area contributed by atoms with Crippen LogP contribution in [0.15, 0.2) is 65.6 Å². The molecule has 2 aromatic rings. The minimum absolute atomic E-state index is 0.110. The van der Waals surface area contributed by atoms with Gasteiger partial charge in [-0.05, 0) is 42.9 Å². The van der Waals surface area contributed by atoms with Gasteiger partial charge in [0.2, 0.25) is 0 Å². The highest BCUT2D eigenvalue weighted by molar-refractivity contribution is 5.79. The van der Waals surface area contributed by atoms with E-state index in [-0.39, 0.29) is 5.41 Å². The van der Waals surface area contributed by atoms with Crippen molar-refractivity contribution < 1.29 is 0 Å². The molecule has 0 nitrogen and oxygen atoms in total. The van der Waals surface area contributed by atoms with Crippen LogP contribution in [0.1, 0.15) is 49.9 Å². The minimum atomic E-state index is 0.110. The molecule has 0 fully saturated rings. The molecule has 0 bridgehead atoms. The summed E-state index contributed by atoms with van der Waals surface area (Å²) in [6.45, 7) is 12.9. The van der Waals surface area contributed by atoms with Gasteiger partial charge in [0.05, 0.1) is 0 Å². The Hall–Kier alpha value is -2.26. The molecule has 23 heavy (non-hydrogen) atoms. The lowest BCUT2D eigenvalue weighted by atomic mass is 9.88. The van der Waals surface area contributed by atoms with Gasteiger partial charge in [-0.15, -0.1) is 0 Å². The summed E-state index contributed by atoms with van der Waals surface area (Å²) in [7, 11) is 0. The number of hydrogen-bond donors (Lipinski definition) is 0. The highest BCUT2D eigenvalue weighted by Gasteiger charge is 2.11. The maximum absolute atomic E-state index is 3.43. The summed E-state index contributed by atoms with van der Waals surface area (Å²) in [5, 5.41) is 0. The Morgan fingerprint density at radius 2 is 1.09 bits per heavy atom. The summed E-state index contributed by atoms with van der Waals surface area (Å²) in [6.07, 6.45) is 0. The van der Waals surface area contributed by atoms with Gasteiger partial charge in [-0.2, -0.15) is 0 Å². The van der Waals surface area contributed by atoms with Gasteiger partial charge in [-0.3, -0.25) is 0 Å². The summed E-state index contributed by atoms with van der Waals surface area (Å²) < 4.78 is 0. The third-order valence-corrected chi connectivity index (χ3v) is 4.18. The number of aryl methyl sites for hydroxylation is 2. The van der Waals surface area contributed by atoms with Crippen molar-refractivity contribution in [2.45, 2.75) is 41.5 Å². The average Bonchev–Trinajstić information content (AvgIpc) is 2.49. The van der Waals surface area contributed by atoms with E-state index in [2.05, 4.69) is 102 Å². The van der Waals surface area contributed by atoms with Gasteiger partial charge < -0.3 is 0 Å². The van der Waals surface area contributed by atoms with E-state index in [1.54, 1.807) is 0 Å². The molecule has 0 aliphatic heterocycles. The highest BCUT2D eigenvalue weighted by Crippen LogP contribution is 2.25. The summed E-state index contributed by atoms with van der Waals surface area (Å²) in [6, 6.07) is 17.2. The first-order valence-electron chi connectivity index (χ1n) is 8.14. The van der Waals surface area contributed by atoms with Gasteiger partial charge in [-0.1, -0.05) is 91.9 Å². The van der Waals surface area contributed by atoms with E-state index >= 15 is 0 Å². The molecule has 0 unspecified atom stereocenters. The molecular formula is C23H26. The van der Waals surface area contributed by atoms with Gasteiger partial charge in [0.25, 0.3) is 0 Å². The maximum atomic E-state index is 3.43. The second-order valence-corrected chi connectivity index (χ2v) is 7.23. The first-order valence-corrected chi connectivity index (χ1v) is 8.14. The van der Waals surface area contributed by atoms with Crippen LogP contribution in [0.4, 0.5) is 0 Å². The van der Waals surface area contributed by atoms with E-state index in [0.29, 0.717) is 0 Å². The second kappa shape index (κ2) is 6.88. The van der Waals surface area contributed by atoms with Gasteiger partial charge in [0.15, 0.2) is 0 Å². The zero-order valence-corrected chi connectivity index (χ0v) is 15.1. The first kappa shape index (κ1) is 17.1. The van der Waals surface area contributed by atoms with Crippen molar-refractivity contribution in [3.05, 3.63) is 87.8 Å². The van der Waals surface area contributed by atoms with E-state index < -0.39 is 0 Å². The Bertz CT molecular complexity index is 718. The zero-order chi connectivity index (χ0) is 17.0. The molecule has 0 aliphatic rings. The highest BCUT2D eigenvalue weighted by atomic mass is 14.2. The maximum Gasteiger partial charge on any atom is 0.0393 e. The third kappa shape index (κ3) is 4.60. The Balaban J connectivity index is 2.68. The van der Waals surface area contributed by atoms with E-state index in [1.807, 2.05) is 0 Å². The zero-order valence-electron chi connectivity index (χ0n) is 15.1. The van der Waals surface area contributed by atoms with Crippen LogP contribution in [0.25, 0.3) is 5.57 Å². The van der Waals surface area contributed by atoms with E-state index in [1.165, 1.54) is 27.8 Å². The molecule has 0 N–H and O–H groups in total. The topological polar surface area (TPSA) is 0 Å². The van der Waals surface area contributed by atoms with Crippen LogP contribution in [0, 0.1) is 19.3 Å². The minimum Gasteiger partial charge on any atom is -0.0702 e. The van der Waals surface area contributed by atoms with Crippen LogP contribution in [0.3, 0.4) is 0 Å². The van der Waals surface area contributed by atoms with Crippen LogP contribution >= 0.6 is 0 Å². The smallest absolute Gasteiger partial charge is 0.0393 e. The predicted molar refractivity (Wildman–Crippen MR) is 101 cm³/mol. The molecule has 0 heteroatoms. The third-order valence-electron chi connectivity index (χ3n) is 4.18. The molecule has 0 spiro atoms. The molecule has 0 aromatic heterocycles. The SMILES string of the molecule is CC(=C=C=C(c1ccc(C)cc1)c1ccc(C)cc1)C(C)(C)C. The van der Waals surface area contributed by atoms with Crippen molar-refractivity contribution in [2.24, 2.45) is 5.41 Å². The summed E-state index contributed by atoms with van der Waals surface area (Å²) in [4.78, 5) is 0. The molecule has 0 atom stereocenters. The molecule has 0 saturated heterocycles. The van der Waals surface area contributed by atoms with Gasteiger partial charge in [0.1, 0.15) is 0 Å². The molecule has 0 aliphatic carbocycles. The molecular weight excluding hydrogens is 276 g/mol. The van der Waals surface area contributed by atoms with Crippen LogP contribution in [0.2, 0.25) is 0 Å². The Morgan fingerprint density at radius 3 is 1.43 bits per heavy atom. The summed E-state index contributed by atoms with van der Waals surface area (Å²) in [5.74, 6) is 0. The molecule has 2 aromatic carbocycles. The predicted octanol–water partition coefficient (Wildman–Crippen LogP) is 6.48. The van der Waals surface area contributed by atoms with Crippen LogP contribution in [0.5, 0.6) is 0 Å². The van der Waals surface area contributed by atoms with E-state index in [0.717, 1.165) is 5.57 Å². The van der Waals surface area contributed by atoms with Gasteiger partial charge >= 0.3 is 0 Å². The number of allylic oxidation sites excluding steroid dienone is 1. The Kier molecular flexibility index (Phi) is 5.12. The standard InChI is InChI=1S/C23H26/c1-17-7-12-20(13-8-17)22(16-11-19(3)23(4,5)6)21-14-9-18(2)10-15-21/h7-10,12-15H,1-6H3. The van der Waals surface area contributed by atoms with Crippen LogP contribution in [-0.4, -0.2) is 0 Å².